The summed E-state index contributed by atoms with van der Waals surface area (Å²) in [5.74, 6) is 1.03. The number of nitro benzene ring substituents is 1. The van der Waals surface area contributed by atoms with E-state index in [0.29, 0.717) is 23.7 Å². The molecule has 1 N–H and O–H groups in total. The minimum Gasteiger partial charge on any atom is -0.493 e. The molecule has 180 valence electrons. The maximum atomic E-state index is 12.8. The molecule has 1 amide bonds. The molecule has 1 heterocycles. The van der Waals surface area contributed by atoms with Gasteiger partial charge in [0.15, 0.2) is 16.6 Å². The zero-order valence-corrected chi connectivity index (χ0v) is 20.1. The van der Waals surface area contributed by atoms with Gasteiger partial charge in [-0.1, -0.05) is 11.3 Å². The first-order valence-corrected chi connectivity index (χ1v) is 12.0. The molecule has 34 heavy (non-hydrogen) atoms. The van der Waals surface area contributed by atoms with Crippen LogP contribution in [-0.4, -0.2) is 45.6 Å². The average Bonchev–Trinajstić information content (AvgIpc) is 3.31. The number of ether oxygens (including phenoxy) is 3. The second-order valence-corrected chi connectivity index (χ2v) is 10.0. The zero-order valence-electron chi connectivity index (χ0n) is 18.4. The summed E-state index contributed by atoms with van der Waals surface area (Å²) in [5, 5.41) is 13.5. The van der Waals surface area contributed by atoms with E-state index in [1.54, 1.807) is 12.1 Å². The number of carbonyl (C=O) groups is 1. The third kappa shape index (κ3) is 5.43. The molecule has 1 aromatic heterocycles. The van der Waals surface area contributed by atoms with E-state index < -0.39 is 14.8 Å². The molecule has 3 rings (SSSR count). The summed E-state index contributed by atoms with van der Waals surface area (Å²) in [6.45, 7) is 0. The number of sulfone groups is 1. The van der Waals surface area contributed by atoms with Crippen LogP contribution in [0.5, 0.6) is 17.2 Å². The quantitative estimate of drug-likeness (QED) is 0.322. The van der Waals surface area contributed by atoms with Gasteiger partial charge in [-0.2, -0.15) is 0 Å². The monoisotopic (exact) mass is 507 g/mol. The summed E-state index contributed by atoms with van der Waals surface area (Å²) in [5.41, 5.74) is 0.563. The molecule has 0 atom stereocenters. The van der Waals surface area contributed by atoms with Gasteiger partial charge < -0.3 is 19.5 Å². The number of nitro groups is 1. The van der Waals surface area contributed by atoms with Crippen LogP contribution in [0.15, 0.2) is 51.7 Å². The number of aromatic nitrogens is 1. The van der Waals surface area contributed by atoms with Crippen LogP contribution in [-0.2, 0) is 21.1 Å². The van der Waals surface area contributed by atoms with Crippen LogP contribution in [0.1, 0.15) is 12.0 Å². The van der Waals surface area contributed by atoms with Crippen LogP contribution >= 0.6 is 11.3 Å². The highest BCUT2D eigenvalue weighted by Gasteiger charge is 2.22. The first-order chi connectivity index (χ1) is 16.2. The third-order valence-electron chi connectivity index (χ3n) is 4.72. The van der Waals surface area contributed by atoms with Gasteiger partial charge in [0.05, 0.1) is 37.3 Å². The van der Waals surface area contributed by atoms with Gasteiger partial charge in [0.25, 0.3) is 5.69 Å². The highest BCUT2D eigenvalue weighted by molar-refractivity contribution is 7.93. The Balaban J connectivity index is 1.67. The standard InChI is InChI=1S/C21H21N3O8S2/c1-30-16-10-13(11-17(31-2)20(16)32-3)4-9-18(25)23-21-22-12-19(33-21)34(28,29)15-7-5-14(6-8-15)24(26)27/h5-8,10-12H,4,9H2,1-3H3,(H,22,23,25). The molecule has 0 saturated carbocycles. The molecule has 0 aliphatic rings. The smallest absolute Gasteiger partial charge is 0.269 e. The predicted molar refractivity (Wildman–Crippen MR) is 124 cm³/mol. The largest absolute Gasteiger partial charge is 0.493 e. The summed E-state index contributed by atoms with van der Waals surface area (Å²) >= 11 is 0.791. The fourth-order valence-electron chi connectivity index (χ4n) is 3.02. The lowest BCUT2D eigenvalue weighted by Gasteiger charge is -2.14. The number of non-ortho nitro benzene ring substituents is 1. The van der Waals surface area contributed by atoms with E-state index in [9.17, 15) is 23.3 Å². The van der Waals surface area contributed by atoms with Crippen molar-refractivity contribution in [2.45, 2.75) is 21.9 Å². The molecule has 11 nitrogen and oxygen atoms in total. The number of nitrogens with zero attached hydrogens (tertiary/aromatic N) is 2. The zero-order chi connectivity index (χ0) is 24.9. The number of benzene rings is 2. The fraction of sp³-hybridized carbons (Fsp3) is 0.238. The fourth-order valence-corrected chi connectivity index (χ4v) is 5.47. The number of aryl methyl sites for hydroxylation is 1. The number of rotatable bonds is 10. The van der Waals surface area contributed by atoms with Crippen molar-refractivity contribution in [2.75, 3.05) is 26.6 Å². The molecule has 0 bridgehead atoms. The maximum Gasteiger partial charge on any atom is 0.269 e. The molecule has 2 aromatic carbocycles. The van der Waals surface area contributed by atoms with E-state index in [1.165, 1.54) is 21.3 Å². The van der Waals surface area contributed by atoms with Crippen molar-refractivity contribution in [3.05, 3.63) is 58.3 Å². The van der Waals surface area contributed by atoms with Crippen LogP contribution < -0.4 is 19.5 Å². The molecular formula is C21H21N3O8S2. The highest BCUT2D eigenvalue weighted by Crippen LogP contribution is 2.38. The van der Waals surface area contributed by atoms with E-state index in [4.69, 9.17) is 14.2 Å². The van der Waals surface area contributed by atoms with Gasteiger partial charge >= 0.3 is 0 Å². The Kier molecular flexibility index (Phi) is 7.68. The second-order valence-electron chi connectivity index (χ2n) is 6.82. The summed E-state index contributed by atoms with van der Waals surface area (Å²) in [7, 11) is 0.564. The third-order valence-corrected chi connectivity index (χ3v) is 7.86. The van der Waals surface area contributed by atoms with Crippen LogP contribution in [0, 0.1) is 10.1 Å². The molecule has 3 aromatic rings. The number of amides is 1. The molecule has 0 saturated heterocycles. The average molecular weight is 508 g/mol. The van der Waals surface area contributed by atoms with Crippen molar-refractivity contribution >= 4 is 37.9 Å². The predicted octanol–water partition coefficient (Wildman–Crippen LogP) is 3.48. The normalized spacial score (nSPS) is 11.0. The van der Waals surface area contributed by atoms with Gasteiger partial charge in [-0.15, -0.1) is 0 Å². The Bertz CT molecular complexity index is 1280. The van der Waals surface area contributed by atoms with Crippen molar-refractivity contribution in [2.24, 2.45) is 0 Å². The van der Waals surface area contributed by atoms with Gasteiger partial charge in [-0.05, 0) is 36.2 Å². The number of methoxy groups -OCH3 is 3. The van der Waals surface area contributed by atoms with Crippen LogP contribution in [0.3, 0.4) is 0 Å². The SMILES string of the molecule is COc1cc(CCC(=O)Nc2ncc(S(=O)(=O)c3ccc([N+](=O)[O-])cc3)s2)cc(OC)c1OC. The molecule has 0 fully saturated rings. The van der Waals surface area contributed by atoms with Crippen LogP contribution in [0.2, 0.25) is 0 Å². The van der Waals surface area contributed by atoms with E-state index in [2.05, 4.69) is 10.3 Å². The Hall–Kier alpha value is -3.71. The molecule has 0 aliphatic heterocycles. The van der Waals surface area contributed by atoms with E-state index in [1.807, 2.05) is 0 Å². The number of hydrogen-bond acceptors (Lipinski definition) is 10. The lowest BCUT2D eigenvalue weighted by molar-refractivity contribution is -0.384. The van der Waals surface area contributed by atoms with Gasteiger partial charge in [-0.25, -0.2) is 13.4 Å². The van der Waals surface area contributed by atoms with Crippen molar-refractivity contribution < 1.29 is 32.3 Å². The molecular weight excluding hydrogens is 486 g/mol. The number of thiazole rings is 1. The molecule has 0 spiro atoms. The molecule has 13 heteroatoms. The first-order valence-electron chi connectivity index (χ1n) is 9.73. The first kappa shape index (κ1) is 24.9. The maximum absolute atomic E-state index is 12.8. The lowest BCUT2D eigenvalue weighted by Crippen LogP contribution is -2.12. The molecule has 0 radical (unpaired) electrons. The van der Waals surface area contributed by atoms with Gasteiger partial charge in [0, 0.05) is 18.6 Å². The number of hydrogen-bond donors (Lipinski definition) is 1. The topological polar surface area (TPSA) is 147 Å². The summed E-state index contributed by atoms with van der Waals surface area (Å²) in [4.78, 5) is 26.4. The van der Waals surface area contributed by atoms with Crippen molar-refractivity contribution in [1.82, 2.24) is 4.98 Å². The summed E-state index contributed by atoms with van der Waals surface area (Å²) in [6, 6.07) is 8.02. The van der Waals surface area contributed by atoms with Crippen LogP contribution in [0.4, 0.5) is 10.8 Å². The van der Waals surface area contributed by atoms with E-state index in [-0.39, 0.29) is 32.3 Å². The Morgan fingerprint density at radius 1 is 1.09 bits per heavy atom. The van der Waals surface area contributed by atoms with Crippen molar-refractivity contribution in [1.29, 1.82) is 0 Å². The highest BCUT2D eigenvalue weighted by atomic mass is 32.2. The molecule has 0 unspecified atom stereocenters. The summed E-state index contributed by atoms with van der Waals surface area (Å²) in [6.07, 6.45) is 1.60. The van der Waals surface area contributed by atoms with Gasteiger partial charge in [0.1, 0.15) is 4.21 Å². The van der Waals surface area contributed by atoms with Crippen molar-refractivity contribution in [3.8, 4) is 17.2 Å². The molecule has 0 aliphatic carbocycles. The van der Waals surface area contributed by atoms with Crippen LogP contribution in [0.25, 0.3) is 0 Å². The van der Waals surface area contributed by atoms with E-state index >= 15 is 0 Å². The Morgan fingerprint density at radius 3 is 2.24 bits per heavy atom. The van der Waals surface area contributed by atoms with Gasteiger partial charge in [-0.3, -0.25) is 14.9 Å². The lowest BCUT2D eigenvalue weighted by atomic mass is 10.1. The number of anilines is 1. The summed E-state index contributed by atoms with van der Waals surface area (Å²) < 4.78 is 41.3. The number of carbonyl (C=O) groups excluding carboxylic acids is 1. The Morgan fingerprint density at radius 2 is 1.71 bits per heavy atom. The minimum atomic E-state index is -3.93. The minimum absolute atomic E-state index is 0.0960. The Labute approximate surface area is 199 Å². The van der Waals surface area contributed by atoms with E-state index in [0.717, 1.165) is 47.4 Å². The number of nitrogens with one attached hydrogen (secondary N) is 1. The second kappa shape index (κ2) is 10.5. The van der Waals surface area contributed by atoms with Gasteiger partial charge in [0.2, 0.25) is 21.5 Å². The van der Waals surface area contributed by atoms with Crippen molar-refractivity contribution in [3.63, 3.8) is 0 Å².